The van der Waals surface area contributed by atoms with Crippen molar-refractivity contribution < 1.29 is 16.8 Å². The van der Waals surface area contributed by atoms with E-state index in [1.165, 1.54) is 8.61 Å². The van der Waals surface area contributed by atoms with Crippen molar-refractivity contribution in [2.75, 3.05) is 26.2 Å². The van der Waals surface area contributed by atoms with Crippen LogP contribution in [0.15, 0.2) is 95.8 Å². The van der Waals surface area contributed by atoms with Crippen LogP contribution in [0, 0.1) is 13.8 Å². The molecule has 0 saturated heterocycles. The second-order valence-electron chi connectivity index (χ2n) is 7.98. The highest BCUT2D eigenvalue weighted by Crippen LogP contribution is 2.19. The normalized spacial score (nSPS) is 14.3. The Labute approximate surface area is 205 Å². The maximum absolute atomic E-state index is 12.4. The van der Waals surface area contributed by atoms with Crippen LogP contribution in [0.5, 0.6) is 0 Å². The zero-order valence-electron chi connectivity index (χ0n) is 19.9. The Kier molecular flexibility index (Phi) is 10.4. The minimum absolute atomic E-state index is 0.310. The van der Waals surface area contributed by atoms with Crippen LogP contribution >= 0.6 is 0 Å². The van der Waals surface area contributed by atoms with Crippen molar-refractivity contribution in [2.24, 2.45) is 0 Å². The lowest BCUT2D eigenvalue weighted by molar-refractivity contribution is 0.437. The molecule has 0 aromatic heterocycles. The molecule has 8 heteroatoms. The van der Waals surface area contributed by atoms with E-state index in [-0.39, 0.29) is 0 Å². The van der Waals surface area contributed by atoms with E-state index in [0.717, 1.165) is 17.5 Å². The van der Waals surface area contributed by atoms with Crippen molar-refractivity contribution in [3.8, 4) is 0 Å². The minimum atomic E-state index is -3.44. The van der Waals surface area contributed by atoms with Gasteiger partial charge in [-0.2, -0.15) is 8.61 Å². The monoisotopic (exact) mass is 502 g/mol. The lowest BCUT2D eigenvalue weighted by Crippen LogP contribution is -2.33. The molecule has 1 aliphatic rings. The van der Waals surface area contributed by atoms with Crippen LogP contribution in [0.1, 0.15) is 24.0 Å². The fourth-order valence-corrected chi connectivity index (χ4v) is 6.08. The molecule has 0 atom stereocenters. The number of hydrogen-bond acceptors (Lipinski definition) is 4. The van der Waals surface area contributed by atoms with Gasteiger partial charge < -0.3 is 0 Å². The summed E-state index contributed by atoms with van der Waals surface area (Å²) in [6.07, 6.45) is 8.63. The molecule has 2 aromatic carbocycles. The fourth-order valence-electron chi connectivity index (χ4n) is 3.25. The molecule has 2 aromatic rings. The number of nitrogens with zero attached hydrogens (tertiary/aromatic N) is 2. The summed E-state index contributed by atoms with van der Waals surface area (Å²) in [5.41, 5.74) is 2.10. The van der Waals surface area contributed by atoms with E-state index >= 15 is 0 Å². The van der Waals surface area contributed by atoms with Crippen LogP contribution in [-0.2, 0) is 20.0 Å². The Morgan fingerprint density at radius 1 is 0.853 bits per heavy atom. The van der Waals surface area contributed by atoms with Gasteiger partial charge in [0.1, 0.15) is 0 Å². The Balaban J connectivity index is 0.000000241. The van der Waals surface area contributed by atoms with E-state index in [1.54, 1.807) is 48.6 Å². The second-order valence-corrected chi connectivity index (χ2v) is 11.9. The lowest BCUT2D eigenvalue weighted by atomic mass is 10.2. The van der Waals surface area contributed by atoms with Gasteiger partial charge in [-0.3, -0.25) is 0 Å². The molecule has 184 valence electrons. The summed E-state index contributed by atoms with van der Waals surface area (Å²) < 4.78 is 52.1. The number of hydrogen-bond donors (Lipinski definition) is 0. The van der Waals surface area contributed by atoms with E-state index in [1.807, 2.05) is 38.1 Å². The van der Waals surface area contributed by atoms with Gasteiger partial charge in [0.05, 0.1) is 9.79 Å². The van der Waals surface area contributed by atoms with Gasteiger partial charge >= 0.3 is 0 Å². The molecule has 6 nitrogen and oxygen atoms in total. The molecule has 0 aliphatic carbocycles. The van der Waals surface area contributed by atoms with Crippen LogP contribution in [-0.4, -0.2) is 51.6 Å². The molecule has 0 unspecified atom stereocenters. The zero-order valence-corrected chi connectivity index (χ0v) is 21.6. The molecule has 0 radical (unpaired) electrons. The standard InChI is InChI=1S/C14H19NO2S.C12H15NO2S/c1-4-6-12-15(11-5-2)18(16,17)14-9-7-13(3)8-10-14;1-11-5-7-12(8-6-11)16(14,15)13-9-3-2-4-10-13/h4-5,7-10H,1-2,6,11-12H2,3H3;2-3,5-8H,4,9-10H2,1H3. The van der Waals surface area contributed by atoms with Gasteiger partial charge in [-0.1, -0.05) is 59.7 Å². The molecule has 1 aliphatic heterocycles. The van der Waals surface area contributed by atoms with Gasteiger partial charge in [0.25, 0.3) is 0 Å². The van der Waals surface area contributed by atoms with Crippen LogP contribution in [0.3, 0.4) is 0 Å². The van der Waals surface area contributed by atoms with E-state index in [9.17, 15) is 16.8 Å². The zero-order chi connectivity index (χ0) is 25.2. The highest BCUT2D eigenvalue weighted by molar-refractivity contribution is 7.89. The predicted molar refractivity (Wildman–Crippen MR) is 139 cm³/mol. The smallest absolute Gasteiger partial charge is 0.207 e. The number of aryl methyl sites for hydroxylation is 2. The van der Waals surface area contributed by atoms with Crippen molar-refractivity contribution in [3.63, 3.8) is 0 Å². The molecule has 0 bridgehead atoms. The topological polar surface area (TPSA) is 74.8 Å². The van der Waals surface area contributed by atoms with Crippen molar-refractivity contribution in [1.82, 2.24) is 8.61 Å². The van der Waals surface area contributed by atoms with Gasteiger partial charge in [0.15, 0.2) is 0 Å². The van der Waals surface area contributed by atoms with Crippen molar-refractivity contribution in [3.05, 3.63) is 97.1 Å². The Bertz CT molecular complexity index is 1180. The maximum Gasteiger partial charge on any atom is 0.243 e. The van der Waals surface area contributed by atoms with Crippen molar-refractivity contribution in [2.45, 2.75) is 36.5 Å². The molecule has 0 amide bonds. The summed E-state index contributed by atoms with van der Waals surface area (Å²) in [7, 11) is -6.73. The Morgan fingerprint density at radius 2 is 1.41 bits per heavy atom. The highest BCUT2D eigenvalue weighted by Gasteiger charge is 2.24. The molecule has 3 rings (SSSR count). The molecule has 0 N–H and O–H groups in total. The summed E-state index contributed by atoms with van der Waals surface area (Å²) in [5, 5.41) is 0. The largest absolute Gasteiger partial charge is 0.243 e. The summed E-state index contributed by atoms with van der Waals surface area (Å²) in [4.78, 5) is 0.701. The molecular formula is C26H34N2O4S2. The number of sulfonamides is 2. The first-order chi connectivity index (χ1) is 16.1. The minimum Gasteiger partial charge on any atom is -0.207 e. The van der Waals surface area contributed by atoms with Crippen molar-refractivity contribution in [1.29, 1.82) is 0 Å². The fraction of sp³-hybridized carbons (Fsp3) is 0.308. The number of benzene rings is 2. The van der Waals surface area contributed by atoms with Crippen molar-refractivity contribution >= 4 is 20.0 Å². The van der Waals surface area contributed by atoms with Crippen LogP contribution in [0.4, 0.5) is 0 Å². The van der Waals surface area contributed by atoms with E-state index in [2.05, 4.69) is 13.2 Å². The Morgan fingerprint density at radius 3 is 1.88 bits per heavy atom. The molecule has 34 heavy (non-hydrogen) atoms. The van der Waals surface area contributed by atoms with Crippen LogP contribution < -0.4 is 0 Å². The quantitative estimate of drug-likeness (QED) is 0.466. The molecule has 1 heterocycles. The molecule has 0 saturated carbocycles. The summed E-state index contributed by atoms with van der Waals surface area (Å²) >= 11 is 0. The third-order valence-electron chi connectivity index (χ3n) is 5.25. The third kappa shape index (κ3) is 7.50. The first kappa shape index (κ1) is 27.7. The van der Waals surface area contributed by atoms with Gasteiger partial charge in [-0.15, -0.1) is 13.2 Å². The van der Waals surface area contributed by atoms with Gasteiger partial charge in [0.2, 0.25) is 20.0 Å². The number of rotatable bonds is 9. The van der Waals surface area contributed by atoms with E-state index < -0.39 is 20.0 Å². The van der Waals surface area contributed by atoms with Crippen LogP contribution in [0.25, 0.3) is 0 Å². The maximum atomic E-state index is 12.4. The summed E-state index contributed by atoms with van der Waals surface area (Å²) in [5.74, 6) is 0. The first-order valence-electron chi connectivity index (χ1n) is 11.1. The second kappa shape index (κ2) is 12.8. The first-order valence-corrected chi connectivity index (χ1v) is 14.0. The average Bonchev–Trinajstić information content (AvgIpc) is 2.83. The van der Waals surface area contributed by atoms with E-state index in [4.69, 9.17) is 0 Å². The van der Waals surface area contributed by atoms with Gasteiger partial charge in [-0.25, -0.2) is 16.8 Å². The highest BCUT2D eigenvalue weighted by atomic mass is 32.2. The summed E-state index contributed by atoms with van der Waals surface area (Å²) in [6, 6.07) is 13.9. The van der Waals surface area contributed by atoms with Gasteiger partial charge in [-0.05, 0) is 51.0 Å². The molecular weight excluding hydrogens is 468 g/mol. The van der Waals surface area contributed by atoms with Gasteiger partial charge in [0, 0.05) is 26.2 Å². The molecule has 0 fully saturated rings. The Hall–Kier alpha value is -2.52. The van der Waals surface area contributed by atoms with Crippen LogP contribution in [0.2, 0.25) is 0 Å². The third-order valence-corrected chi connectivity index (χ3v) is 9.01. The van der Waals surface area contributed by atoms with E-state index in [0.29, 0.717) is 42.4 Å². The SMILES string of the molecule is C=CCCN(CC=C)S(=O)(=O)c1ccc(C)cc1.Cc1ccc(S(=O)(=O)N2CC=CCC2)cc1. The molecule has 0 spiro atoms. The lowest BCUT2D eigenvalue weighted by Gasteiger charge is -2.22. The average molecular weight is 503 g/mol. The summed E-state index contributed by atoms with van der Waals surface area (Å²) in [6.45, 7) is 12.9. The predicted octanol–water partition coefficient (Wildman–Crippen LogP) is 4.69.